The van der Waals surface area contributed by atoms with Crippen molar-refractivity contribution in [3.8, 4) is 5.75 Å². The summed E-state index contributed by atoms with van der Waals surface area (Å²) in [5, 5.41) is 10.3. The first-order valence-electron chi connectivity index (χ1n) is 8.11. The van der Waals surface area contributed by atoms with E-state index in [-0.39, 0.29) is 6.04 Å². The molecule has 1 aliphatic carbocycles. The molecule has 2 rings (SSSR count). The molecule has 0 saturated heterocycles. The second-order valence-electron chi connectivity index (χ2n) is 7.06. The highest BCUT2D eigenvalue weighted by Gasteiger charge is 2.34. The van der Waals surface area contributed by atoms with Crippen LogP contribution in [0.2, 0.25) is 0 Å². The number of hydrogen-bond donors (Lipinski definition) is 2. The molecular weight excluding hydrogens is 260 g/mol. The van der Waals surface area contributed by atoms with E-state index >= 15 is 0 Å². The lowest BCUT2D eigenvalue weighted by Crippen LogP contribution is -2.33. The molecule has 3 nitrogen and oxygen atoms in total. The maximum atomic E-state index is 10.3. The molecule has 0 fully saturated rings. The maximum absolute atomic E-state index is 10.3. The first kappa shape index (κ1) is 16.3. The number of nitrogens with two attached hydrogens (primary N) is 1. The molecule has 118 valence electrons. The zero-order chi connectivity index (χ0) is 15.7. The molecule has 1 aromatic carbocycles. The Kier molecular flexibility index (Phi) is 4.95. The van der Waals surface area contributed by atoms with E-state index in [1.807, 2.05) is 12.1 Å². The van der Waals surface area contributed by atoms with Crippen LogP contribution in [0.3, 0.4) is 0 Å². The third kappa shape index (κ3) is 3.24. The SMILES string of the molecule is Cc1ccc(O)c2c1C(C)CC2N(C)CCC(N)C(C)C. The largest absolute Gasteiger partial charge is 0.508 e. The highest BCUT2D eigenvalue weighted by molar-refractivity contribution is 5.50. The number of aromatic hydroxyl groups is 1. The Hall–Kier alpha value is -1.06. The Balaban J connectivity index is 2.15. The third-order valence-corrected chi connectivity index (χ3v) is 5.09. The predicted octanol–water partition coefficient (Wildman–Crippen LogP) is 3.55. The molecule has 3 atom stereocenters. The summed E-state index contributed by atoms with van der Waals surface area (Å²) in [5.74, 6) is 1.48. The third-order valence-electron chi connectivity index (χ3n) is 5.09. The number of rotatable bonds is 5. The van der Waals surface area contributed by atoms with E-state index in [4.69, 9.17) is 5.73 Å². The van der Waals surface area contributed by atoms with E-state index in [1.165, 1.54) is 11.1 Å². The van der Waals surface area contributed by atoms with Crippen molar-refractivity contribution in [2.24, 2.45) is 11.7 Å². The zero-order valence-electron chi connectivity index (χ0n) is 14.1. The van der Waals surface area contributed by atoms with Gasteiger partial charge in [-0.25, -0.2) is 0 Å². The number of nitrogens with zero attached hydrogens (tertiary/aromatic N) is 1. The van der Waals surface area contributed by atoms with Gasteiger partial charge in [0.1, 0.15) is 5.75 Å². The van der Waals surface area contributed by atoms with Crippen LogP contribution in [0.15, 0.2) is 12.1 Å². The van der Waals surface area contributed by atoms with Crippen molar-refractivity contribution >= 4 is 0 Å². The molecule has 0 radical (unpaired) electrons. The molecule has 3 heteroatoms. The highest BCUT2D eigenvalue weighted by Crippen LogP contribution is 2.48. The summed E-state index contributed by atoms with van der Waals surface area (Å²) in [6.07, 6.45) is 2.09. The summed E-state index contributed by atoms with van der Waals surface area (Å²) in [6, 6.07) is 4.43. The van der Waals surface area contributed by atoms with Gasteiger partial charge in [-0.3, -0.25) is 4.90 Å². The van der Waals surface area contributed by atoms with Crippen molar-refractivity contribution in [3.05, 3.63) is 28.8 Å². The number of phenols is 1. The van der Waals surface area contributed by atoms with Crippen LogP contribution in [-0.4, -0.2) is 29.6 Å². The van der Waals surface area contributed by atoms with E-state index < -0.39 is 0 Å². The molecule has 1 aromatic rings. The van der Waals surface area contributed by atoms with Crippen molar-refractivity contribution in [1.82, 2.24) is 4.90 Å². The van der Waals surface area contributed by atoms with Crippen molar-refractivity contribution in [3.63, 3.8) is 0 Å². The lowest BCUT2D eigenvalue weighted by molar-refractivity contribution is 0.221. The minimum atomic E-state index is 0.247. The lowest BCUT2D eigenvalue weighted by atomic mass is 9.97. The first-order chi connectivity index (χ1) is 9.82. The van der Waals surface area contributed by atoms with E-state index in [0.717, 1.165) is 24.9 Å². The normalized spacial score (nSPS) is 22.9. The smallest absolute Gasteiger partial charge is 0.120 e. The van der Waals surface area contributed by atoms with Gasteiger partial charge in [-0.2, -0.15) is 0 Å². The van der Waals surface area contributed by atoms with Gasteiger partial charge < -0.3 is 10.8 Å². The Morgan fingerprint density at radius 2 is 2.00 bits per heavy atom. The van der Waals surface area contributed by atoms with E-state index in [1.54, 1.807) is 0 Å². The molecule has 21 heavy (non-hydrogen) atoms. The Bertz CT molecular complexity index is 498. The summed E-state index contributed by atoms with van der Waals surface area (Å²) in [7, 11) is 2.15. The van der Waals surface area contributed by atoms with Crippen molar-refractivity contribution in [1.29, 1.82) is 0 Å². The summed E-state index contributed by atoms with van der Waals surface area (Å²) < 4.78 is 0. The summed E-state index contributed by atoms with van der Waals surface area (Å²) in [5.41, 5.74) is 9.95. The van der Waals surface area contributed by atoms with Gasteiger partial charge >= 0.3 is 0 Å². The van der Waals surface area contributed by atoms with Gasteiger partial charge in [0.2, 0.25) is 0 Å². The van der Waals surface area contributed by atoms with Crippen LogP contribution in [0.4, 0.5) is 0 Å². The Morgan fingerprint density at radius 1 is 1.33 bits per heavy atom. The van der Waals surface area contributed by atoms with Crippen LogP contribution < -0.4 is 5.73 Å². The fraction of sp³-hybridized carbons (Fsp3) is 0.667. The molecule has 0 amide bonds. The summed E-state index contributed by atoms with van der Waals surface area (Å²) >= 11 is 0. The molecular formula is C18H30N2O. The average molecular weight is 290 g/mol. The fourth-order valence-electron chi connectivity index (χ4n) is 3.55. The van der Waals surface area contributed by atoms with E-state index in [9.17, 15) is 5.11 Å². The van der Waals surface area contributed by atoms with Gasteiger partial charge in [-0.1, -0.05) is 26.8 Å². The molecule has 3 unspecified atom stereocenters. The topological polar surface area (TPSA) is 49.5 Å². The number of benzene rings is 1. The fourth-order valence-corrected chi connectivity index (χ4v) is 3.55. The predicted molar refractivity (Wildman–Crippen MR) is 88.7 cm³/mol. The molecule has 0 aromatic heterocycles. The van der Waals surface area contributed by atoms with Gasteiger partial charge in [0.15, 0.2) is 0 Å². The second kappa shape index (κ2) is 6.37. The number of phenolic OH excluding ortho intramolecular Hbond substituents is 1. The van der Waals surface area contributed by atoms with Crippen LogP contribution in [0.1, 0.15) is 62.3 Å². The Morgan fingerprint density at radius 3 is 2.62 bits per heavy atom. The number of fused-ring (bicyclic) bond motifs is 1. The van der Waals surface area contributed by atoms with Gasteiger partial charge in [0.05, 0.1) is 0 Å². The zero-order valence-corrected chi connectivity index (χ0v) is 14.1. The summed E-state index contributed by atoms with van der Waals surface area (Å²) in [6.45, 7) is 9.73. The van der Waals surface area contributed by atoms with Gasteiger partial charge in [0, 0.05) is 17.6 Å². The second-order valence-corrected chi connectivity index (χ2v) is 7.06. The van der Waals surface area contributed by atoms with Crippen LogP contribution in [0.25, 0.3) is 0 Å². The van der Waals surface area contributed by atoms with Gasteiger partial charge in [-0.15, -0.1) is 0 Å². The first-order valence-corrected chi connectivity index (χ1v) is 8.11. The Labute approximate surface area is 129 Å². The molecule has 0 heterocycles. The van der Waals surface area contributed by atoms with Crippen LogP contribution in [0, 0.1) is 12.8 Å². The van der Waals surface area contributed by atoms with Crippen LogP contribution in [0.5, 0.6) is 5.75 Å². The van der Waals surface area contributed by atoms with E-state index in [2.05, 4.69) is 39.6 Å². The quantitative estimate of drug-likeness (QED) is 0.872. The molecule has 3 N–H and O–H groups in total. The molecule has 0 spiro atoms. The average Bonchev–Trinajstić information content (AvgIpc) is 2.78. The summed E-state index contributed by atoms with van der Waals surface area (Å²) in [4.78, 5) is 2.36. The number of hydrogen-bond acceptors (Lipinski definition) is 3. The van der Waals surface area contributed by atoms with Gasteiger partial charge in [-0.05, 0) is 62.4 Å². The van der Waals surface area contributed by atoms with Crippen molar-refractivity contribution in [2.75, 3.05) is 13.6 Å². The van der Waals surface area contributed by atoms with Gasteiger partial charge in [0.25, 0.3) is 0 Å². The standard InChI is InChI=1S/C18H30N2O/c1-11(2)14(19)8-9-20(5)15-10-13(4)17-12(3)6-7-16(21)18(15)17/h6-7,11,13-15,21H,8-10,19H2,1-5H3. The molecule has 0 bridgehead atoms. The van der Waals surface area contributed by atoms with Crippen LogP contribution >= 0.6 is 0 Å². The molecule has 0 aliphatic heterocycles. The monoisotopic (exact) mass is 290 g/mol. The lowest BCUT2D eigenvalue weighted by Gasteiger charge is -2.28. The molecule has 1 aliphatic rings. The van der Waals surface area contributed by atoms with Crippen molar-refractivity contribution in [2.45, 2.75) is 58.5 Å². The number of aryl methyl sites for hydroxylation is 1. The minimum Gasteiger partial charge on any atom is -0.508 e. The minimum absolute atomic E-state index is 0.247. The molecule has 0 saturated carbocycles. The van der Waals surface area contributed by atoms with Crippen LogP contribution in [-0.2, 0) is 0 Å². The maximum Gasteiger partial charge on any atom is 0.120 e. The highest BCUT2D eigenvalue weighted by atomic mass is 16.3. The van der Waals surface area contributed by atoms with Crippen molar-refractivity contribution < 1.29 is 5.11 Å². The van der Waals surface area contributed by atoms with E-state index in [0.29, 0.717) is 23.6 Å².